The second kappa shape index (κ2) is 3.79. The van der Waals surface area contributed by atoms with Crippen molar-refractivity contribution in [2.45, 2.75) is 6.92 Å². The molecular formula is C18H13N. The van der Waals surface area contributed by atoms with Gasteiger partial charge in [-0.2, -0.15) is 0 Å². The molecule has 0 aliphatic rings. The zero-order valence-corrected chi connectivity index (χ0v) is 10.7. The summed E-state index contributed by atoms with van der Waals surface area (Å²) in [5, 5.41) is 6.28. The monoisotopic (exact) mass is 243 g/mol. The molecule has 0 saturated heterocycles. The highest BCUT2D eigenvalue weighted by Gasteiger charge is 2.06. The molecule has 0 saturated carbocycles. The van der Waals surface area contributed by atoms with Gasteiger partial charge in [0.25, 0.3) is 0 Å². The number of aryl methyl sites for hydroxylation is 1. The van der Waals surface area contributed by atoms with Crippen molar-refractivity contribution in [2.75, 3.05) is 0 Å². The van der Waals surface area contributed by atoms with Gasteiger partial charge in [-0.3, -0.25) is 4.98 Å². The maximum absolute atomic E-state index is 4.75. The molecule has 1 nitrogen and oxygen atoms in total. The van der Waals surface area contributed by atoms with E-state index in [9.17, 15) is 0 Å². The molecule has 4 rings (SSSR count). The Hall–Kier alpha value is -2.41. The van der Waals surface area contributed by atoms with Crippen LogP contribution in [-0.2, 0) is 0 Å². The molecule has 1 aromatic heterocycles. The SMILES string of the molecule is Cc1nc2cc3ccccc3cc2c2ccccc12. The van der Waals surface area contributed by atoms with Gasteiger partial charge in [0.1, 0.15) is 0 Å². The van der Waals surface area contributed by atoms with Crippen LogP contribution >= 0.6 is 0 Å². The highest BCUT2D eigenvalue weighted by Crippen LogP contribution is 2.29. The molecule has 0 radical (unpaired) electrons. The Morgan fingerprint density at radius 3 is 2.11 bits per heavy atom. The summed E-state index contributed by atoms with van der Waals surface area (Å²) < 4.78 is 0. The van der Waals surface area contributed by atoms with Gasteiger partial charge in [0.2, 0.25) is 0 Å². The molecule has 90 valence electrons. The number of pyridine rings is 1. The van der Waals surface area contributed by atoms with Crippen molar-refractivity contribution in [2.24, 2.45) is 0 Å². The lowest BCUT2D eigenvalue weighted by atomic mass is 10.0. The first-order valence-corrected chi connectivity index (χ1v) is 6.51. The maximum Gasteiger partial charge on any atom is 0.0718 e. The second-order valence-corrected chi connectivity index (χ2v) is 4.96. The number of rotatable bonds is 0. The highest BCUT2D eigenvalue weighted by atomic mass is 14.7. The van der Waals surface area contributed by atoms with Gasteiger partial charge in [-0.15, -0.1) is 0 Å². The Morgan fingerprint density at radius 2 is 1.32 bits per heavy atom. The quantitative estimate of drug-likeness (QED) is 0.318. The van der Waals surface area contributed by atoms with Crippen molar-refractivity contribution in [3.63, 3.8) is 0 Å². The van der Waals surface area contributed by atoms with E-state index in [1.165, 1.54) is 26.9 Å². The molecular weight excluding hydrogens is 230 g/mol. The van der Waals surface area contributed by atoms with Crippen molar-refractivity contribution in [1.82, 2.24) is 4.98 Å². The number of fused-ring (bicyclic) bond motifs is 4. The standard InChI is InChI=1S/C18H13N/c1-12-15-8-4-5-9-16(15)17-10-13-6-2-3-7-14(13)11-18(17)19-12/h2-11H,1H3. The van der Waals surface area contributed by atoms with Crippen LogP contribution in [0.3, 0.4) is 0 Å². The average Bonchev–Trinajstić information content (AvgIpc) is 2.46. The molecule has 0 aliphatic carbocycles. The molecule has 0 bridgehead atoms. The Bertz CT molecular complexity index is 922. The molecule has 19 heavy (non-hydrogen) atoms. The van der Waals surface area contributed by atoms with E-state index in [4.69, 9.17) is 4.98 Å². The summed E-state index contributed by atoms with van der Waals surface area (Å²) in [6, 6.07) is 21.4. The van der Waals surface area contributed by atoms with E-state index in [0.717, 1.165) is 11.2 Å². The second-order valence-electron chi connectivity index (χ2n) is 4.96. The van der Waals surface area contributed by atoms with Gasteiger partial charge in [-0.05, 0) is 35.2 Å². The van der Waals surface area contributed by atoms with Crippen LogP contribution in [-0.4, -0.2) is 4.98 Å². The van der Waals surface area contributed by atoms with Crippen LogP contribution in [0.15, 0.2) is 60.7 Å². The minimum atomic E-state index is 1.08. The molecule has 0 amide bonds. The normalized spacial score (nSPS) is 11.4. The van der Waals surface area contributed by atoms with Crippen LogP contribution in [0.1, 0.15) is 5.69 Å². The third-order valence-corrected chi connectivity index (χ3v) is 3.76. The van der Waals surface area contributed by atoms with Crippen LogP contribution in [0.2, 0.25) is 0 Å². The van der Waals surface area contributed by atoms with Crippen molar-refractivity contribution in [3.05, 3.63) is 66.4 Å². The maximum atomic E-state index is 4.75. The predicted octanol–water partition coefficient (Wildman–Crippen LogP) is 4.85. The number of hydrogen-bond acceptors (Lipinski definition) is 1. The van der Waals surface area contributed by atoms with Gasteiger partial charge < -0.3 is 0 Å². The fraction of sp³-hybridized carbons (Fsp3) is 0.0556. The van der Waals surface area contributed by atoms with Gasteiger partial charge >= 0.3 is 0 Å². The number of nitrogens with zero attached hydrogens (tertiary/aromatic N) is 1. The van der Waals surface area contributed by atoms with Crippen molar-refractivity contribution >= 4 is 32.4 Å². The summed E-state index contributed by atoms with van der Waals surface area (Å²) in [7, 11) is 0. The van der Waals surface area contributed by atoms with E-state index in [1.807, 2.05) is 0 Å². The van der Waals surface area contributed by atoms with Gasteiger partial charge in [0, 0.05) is 16.5 Å². The van der Waals surface area contributed by atoms with Crippen molar-refractivity contribution in [3.8, 4) is 0 Å². The van der Waals surface area contributed by atoms with Crippen LogP contribution in [0.4, 0.5) is 0 Å². The van der Waals surface area contributed by atoms with E-state index in [0.29, 0.717) is 0 Å². The van der Waals surface area contributed by atoms with Gasteiger partial charge in [0.05, 0.1) is 5.52 Å². The van der Waals surface area contributed by atoms with E-state index in [1.54, 1.807) is 0 Å². The van der Waals surface area contributed by atoms with Crippen LogP contribution in [0, 0.1) is 6.92 Å². The van der Waals surface area contributed by atoms with Crippen LogP contribution < -0.4 is 0 Å². The molecule has 0 aliphatic heterocycles. The lowest BCUT2D eigenvalue weighted by Crippen LogP contribution is -1.88. The molecule has 0 spiro atoms. The summed E-state index contributed by atoms with van der Waals surface area (Å²) >= 11 is 0. The summed E-state index contributed by atoms with van der Waals surface area (Å²) in [6.07, 6.45) is 0. The predicted molar refractivity (Wildman–Crippen MR) is 81.5 cm³/mol. The topological polar surface area (TPSA) is 12.9 Å². The van der Waals surface area contributed by atoms with Gasteiger partial charge in [-0.25, -0.2) is 0 Å². The minimum Gasteiger partial charge on any atom is -0.252 e. The molecule has 0 unspecified atom stereocenters. The fourth-order valence-corrected chi connectivity index (χ4v) is 2.81. The molecule has 3 aromatic carbocycles. The summed E-state index contributed by atoms with van der Waals surface area (Å²) in [5.41, 5.74) is 2.17. The first kappa shape index (κ1) is 10.5. The Balaban J connectivity index is 2.29. The Kier molecular flexibility index (Phi) is 2.10. The van der Waals surface area contributed by atoms with E-state index < -0.39 is 0 Å². The largest absolute Gasteiger partial charge is 0.252 e. The van der Waals surface area contributed by atoms with E-state index in [2.05, 4.69) is 67.6 Å². The number of aromatic nitrogens is 1. The number of benzene rings is 3. The zero-order valence-electron chi connectivity index (χ0n) is 10.7. The van der Waals surface area contributed by atoms with Gasteiger partial charge in [0.15, 0.2) is 0 Å². The summed E-state index contributed by atoms with van der Waals surface area (Å²) in [6.45, 7) is 2.08. The first-order chi connectivity index (χ1) is 9.33. The average molecular weight is 243 g/mol. The lowest BCUT2D eigenvalue weighted by molar-refractivity contribution is 1.29. The van der Waals surface area contributed by atoms with Crippen LogP contribution in [0.25, 0.3) is 32.4 Å². The third-order valence-electron chi connectivity index (χ3n) is 3.76. The highest BCUT2D eigenvalue weighted by molar-refractivity contribution is 6.11. The first-order valence-electron chi connectivity index (χ1n) is 6.51. The van der Waals surface area contributed by atoms with Crippen molar-refractivity contribution < 1.29 is 0 Å². The molecule has 0 atom stereocenters. The zero-order chi connectivity index (χ0) is 12.8. The molecule has 0 fully saturated rings. The molecule has 1 heterocycles. The lowest BCUT2D eigenvalue weighted by Gasteiger charge is -2.08. The smallest absolute Gasteiger partial charge is 0.0718 e. The van der Waals surface area contributed by atoms with E-state index >= 15 is 0 Å². The Labute approximate surface area is 111 Å². The Morgan fingerprint density at radius 1 is 0.684 bits per heavy atom. The fourth-order valence-electron chi connectivity index (χ4n) is 2.81. The van der Waals surface area contributed by atoms with Crippen molar-refractivity contribution in [1.29, 1.82) is 0 Å². The van der Waals surface area contributed by atoms with E-state index in [-0.39, 0.29) is 0 Å². The molecule has 1 heteroatoms. The minimum absolute atomic E-state index is 1.08. The molecule has 0 N–H and O–H groups in total. The third kappa shape index (κ3) is 1.52. The van der Waals surface area contributed by atoms with Crippen LogP contribution in [0.5, 0.6) is 0 Å². The van der Waals surface area contributed by atoms with Gasteiger partial charge in [-0.1, -0.05) is 48.5 Å². The molecule has 4 aromatic rings. The summed E-state index contributed by atoms with van der Waals surface area (Å²) in [4.78, 5) is 4.75. The summed E-state index contributed by atoms with van der Waals surface area (Å²) in [5.74, 6) is 0. The number of hydrogen-bond donors (Lipinski definition) is 0.